The molecule has 0 spiro atoms. The SMILES string of the molecule is Clc1ccc2c(c1)CCCC2Br. The van der Waals surface area contributed by atoms with Crippen LogP contribution in [0.1, 0.15) is 28.8 Å². The van der Waals surface area contributed by atoms with Gasteiger partial charge in [0.15, 0.2) is 0 Å². The van der Waals surface area contributed by atoms with Crippen molar-refractivity contribution in [2.24, 2.45) is 0 Å². The molecule has 12 heavy (non-hydrogen) atoms. The van der Waals surface area contributed by atoms with Crippen molar-refractivity contribution in [3.05, 3.63) is 34.3 Å². The summed E-state index contributed by atoms with van der Waals surface area (Å²) in [6.07, 6.45) is 3.69. The minimum Gasteiger partial charge on any atom is -0.0843 e. The first kappa shape index (κ1) is 8.58. The van der Waals surface area contributed by atoms with Gasteiger partial charge in [0.25, 0.3) is 0 Å². The third-order valence-electron chi connectivity index (χ3n) is 2.35. The van der Waals surface area contributed by atoms with Gasteiger partial charge in [-0.15, -0.1) is 0 Å². The predicted molar refractivity (Wildman–Crippen MR) is 56.1 cm³/mol. The van der Waals surface area contributed by atoms with Crippen molar-refractivity contribution >= 4 is 27.5 Å². The summed E-state index contributed by atoms with van der Waals surface area (Å²) >= 11 is 9.58. The molecule has 0 aliphatic heterocycles. The molecule has 1 aliphatic carbocycles. The topological polar surface area (TPSA) is 0 Å². The number of alkyl halides is 1. The zero-order chi connectivity index (χ0) is 8.55. The van der Waals surface area contributed by atoms with Gasteiger partial charge in [-0.05, 0) is 42.5 Å². The molecule has 0 N–H and O–H groups in total. The third-order valence-corrected chi connectivity index (χ3v) is 3.53. The van der Waals surface area contributed by atoms with E-state index in [1.54, 1.807) is 0 Å². The molecule has 0 nitrogen and oxygen atoms in total. The molecule has 1 atom stereocenters. The Morgan fingerprint density at radius 2 is 2.25 bits per heavy atom. The van der Waals surface area contributed by atoms with Crippen LogP contribution in [0, 0.1) is 0 Å². The summed E-state index contributed by atoms with van der Waals surface area (Å²) in [5, 5.41) is 0.857. The first-order valence-electron chi connectivity index (χ1n) is 4.20. The van der Waals surface area contributed by atoms with Crippen LogP contribution in [0.25, 0.3) is 0 Å². The summed E-state index contributed by atoms with van der Waals surface area (Å²) in [4.78, 5) is 0.540. The lowest BCUT2D eigenvalue weighted by atomic mass is 9.92. The second-order valence-corrected chi connectivity index (χ2v) is 4.74. The van der Waals surface area contributed by atoms with Crippen LogP contribution in [-0.2, 0) is 6.42 Å². The van der Waals surface area contributed by atoms with Gasteiger partial charge in [-0.1, -0.05) is 33.6 Å². The van der Waals surface area contributed by atoms with Crippen LogP contribution in [0.5, 0.6) is 0 Å². The Kier molecular flexibility index (Phi) is 2.42. The molecular weight excluding hydrogens is 235 g/mol. The highest BCUT2D eigenvalue weighted by Gasteiger charge is 2.16. The molecule has 2 rings (SSSR count). The van der Waals surface area contributed by atoms with Gasteiger partial charge < -0.3 is 0 Å². The van der Waals surface area contributed by atoms with E-state index in [4.69, 9.17) is 11.6 Å². The maximum atomic E-state index is 5.91. The fourth-order valence-corrected chi connectivity index (χ4v) is 2.69. The maximum absolute atomic E-state index is 5.91. The minimum atomic E-state index is 0.540. The zero-order valence-electron chi connectivity index (χ0n) is 6.69. The highest BCUT2D eigenvalue weighted by Crippen LogP contribution is 2.36. The number of hydrogen-bond acceptors (Lipinski definition) is 0. The largest absolute Gasteiger partial charge is 0.0843 e. The predicted octanol–water partition coefficient (Wildman–Crippen LogP) is 4.11. The van der Waals surface area contributed by atoms with Gasteiger partial charge in [0, 0.05) is 9.85 Å². The van der Waals surface area contributed by atoms with Crippen molar-refractivity contribution in [2.75, 3.05) is 0 Å². The monoisotopic (exact) mass is 244 g/mol. The standard InChI is InChI=1S/C10H10BrCl/c11-10-3-1-2-7-6-8(12)4-5-9(7)10/h4-6,10H,1-3H2. The Morgan fingerprint density at radius 1 is 1.42 bits per heavy atom. The highest BCUT2D eigenvalue weighted by atomic mass is 79.9. The molecular formula is C10H10BrCl. The molecule has 0 saturated carbocycles. The van der Waals surface area contributed by atoms with Crippen molar-refractivity contribution in [2.45, 2.75) is 24.1 Å². The molecule has 1 aromatic carbocycles. The Balaban J connectivity index is 2.46. The molecule has 64 valence electrons. The average Bonchev–Trinajstić information content (AvgIpc) is 2.04. The van der Waals surface area contributed by atoms with Gasteiger partial charge >= 0.3 is 0 Å². The fourth-order valence-electron chi connectivity index (χ4n) is 1.72. The zero-order valence-corrected chi connectivity index (χ0v) is 9.03. The number of benzene rings is 1. The second-order valence-electron chi connectivity index (χ2n) is 3.20. The first-order chi connectivity index (χ1) is 5.77. The van der Waals surface area contributed by atoms with Crippen LogP contribution in [0.4, 0.5) is 0 Å². The Morgan fingerprint density at radius 3 is 3.08 bits per heavy atom. The van der Waals surface area contributed by atoms with Crippen LogP contribution >= 0.6 is 27.5 Å². The molecule has 0 amide bonds. The van der Waals surface area contributed by atoms with Crippen molar-refractivity contribution in [3.63, 3.8) is 0 Å². The summed E-state index contributed by atoms with van der Waals surface area (Å²) in [7, 11) is 0. The van der Waals surface area contributed by atoms with Crippen LogP contribution in [0.15, 0.2) is 18.2 Å². The van der Waals surface area contributed by atoms with Gasteiger partial charge in [0.1, 0.15) is 0 Å². The molecule has 1 aromatic rings. The molecule has 0 fully saturated rings. The summed E-state index contributed by atoms with van der Waals surface area (Å²) < 4.78 is 0. The number of hydrogen-bond donors (Lipinski definition) is 0. The summed E-state index contributed by atoms with van der Waals surface area (Å²) in [5.74, 6) is 0. The lowest BCUT2D eigenvalue weighted by Crippen LogP contribution is -2.04. The van der Waals surface area contributed by atoms with E-state index in [1.807, 2.05) is 6.07 Å². The smallest absolute Gasteiger partial charge is 0.0408 e. The van der Waals surface area contributed by atoms with E-state index in [2.05, 4.69) is 28.1 Å². The summed E-state index contributed by atoms with van der Waals surface area (Å²) in [5.41, 5.74) is 2.83. The van der Waals surface area contributed by atoms with Crippen LogP contribution < -0.4 is 0 Å². The number of rotatable bonds is 0. The third kappa shape index (κ3) is 1.53. The van der Waals surface area contributed by atoms with Crippen LogP contribution in [-0.4, -0.2) is 0 Å². The van der Waals surface area contributed by atoms with E-state index in [1.165, 1.54) is 30.4 Å². The van der Waals surface area contributed by atoms with E-state index in [0.717, 1.165) is 5.02 Å². The Labute approximate surface area is 86.1 Å². The van der Waals surface area contributed by atoms with E-state index < -0.39 is 0 Å². The van der Waals surface area contributed by atoms with Gasteiger partial charge in [0.2, 0.25) is 0 Å². The van der Waals surface area contributed by atoms with Crippen molar-refractivity contribution in [3.8, 4) is 0 Å². The lowest BCUT2D eigenvalue weighted by Gasteiger charge is -2.20. The Hall–Kier alpha value is -0.0100. The van der Waals surface area contributed by atoms with E-state index >= 15 is 0 Å². The normalized spacial score (nSPS) is 22.0. The van der Waals surface area contributed by atoms with Gasteiger partial charge in [0.05, 0.1) is 0 Å². The number of halogens is 2. The maximum Gasteiger partial charge on any atom is 0.0408 e. The second kappa shape index (κ2) is 3.39. The molecule has 0 bridgehead atoms. The van der Waals surface area contributed by atoms with Gasteiger partial charge in [-0.3, -0.25) is 0 Å². The number of fused-ring (bicyclic) bond motifs is 1. The van der Waals surface area contributed by atoms with E-state index in [9.17, 15) is 0 Å². The van der Waals surface area contributed by atoms with Crippen molar-refractivity contribution in [1.82, 2.24) is 0 Å². The number of aryl methyl sites for hydroxylation is 1. The minimum absolute atomic E-state index is 0.540. The van der Waals surface area contributed by atoms with Gasteiger partial charge in [-0.25, -0.2) is 0 Å². The van der Waals surface area contributed by atoms with Gasteiger partial charge in [-0.2, -0.15) is 0 Å². The molecule has 0 saturated heterocycles. The summed E-state index contributed by atoms with van der Waals surface area (Å²) in [6, 6.07) is 6.19. The first-order valence-corrected chi connectivity index (χ1v) is 5.49. The lowest BCUT2D eigenvalue weighted by molar-refractivity contribution is 0.681. The molecule has 0 radical (unpaired) electrons. The fraction of sp³-hybridized carbons (Fsp3) is 0.400. The summed E-state index contributed by atoms with van der Waals surface area (Å²) in [6.45, 7) is 0. The molecule has 0 aromatic heterocycles. The molecule has 2 heteroatoms. The quantitative estimate of drug-likeness (QED) is 0.603. The molecule has 1 unspecified atom stereocenters. The molecule has 1 aliphatic rings. The van der Waals surface area contributed by atoms with Crippen LogP contribution in [0.3, 0.4) is 0 Å². The highest BCUT2D eigenvalue weighted by molar-refractivity contribution is 9.09. The van der Waals surface area contributed by atoms with Crippen molar-refractivity contribution < 1.29 is 0 Å². The van der Waals surface area contributed by atoms with Crippen molar-refractivity contribution in [1.29, 1.82) is 0 Å². The van der Waals surface area contributed by atoms with E-state index in [-0.39, 0.29) is 0 Å². The average molecular weight is 246 g/mol. The molecule has 0 heterocycles. The Bertz CT molecular complexity index is 296. The van der Waals surface area contributed by atoms with Crippen LogP contribution in [0.2, 0.25) is 5.02 Å². The van der Waals surface area contributed by atoms with E-state index in [0.29, 0.717) is 4.83 Å².